The van der Waals surface area contributed by atoms with Gasteiger partial charge in [0, 0.05) is 19.3 Å². The molecule has 0 amide bonds. The normalized spacial score (nSPS) is 12.8. The number of esters is 3. The molecule has 0 aliphatic heterocycles. The maximum Gasteiger partial charge on any atom is 0.306 e. The van der Waals surface area contributed by atoms with Crippen molar-refractivity contribution in [2.75, 3.05) is 13.2 Å². The maximum absolute atomic E-state index is 12.9. The second-order valence-electron chi connectivity index (χ2n) is 21.6. The Kier molecular flexibility index (Phi) is 62.3. The molecule has 0 aliphatic rings. The molecule has 78 heavy (non-hydrogen) atoms. The van der Waals surface area contributed by atoms with E-state index in [1.54, 1.807) is 0 Å². The van der Waals surface area contributed by atoms with Gasteiger partial charge >= 0.3 is 17.9 Å². The van der Waals surface area contributed by atoms with Crippen LogP contribution in [0.3, 0.4) is 0 Å². The molecule has 6 heteroatoms. The molecule has 1 atom stereocenters. The summed E-state index contributed by atoms with van der Waals surface area (Å²) < 4.78 is 16.9. The Morgan fingerprint density at radius 1 is 0.269 bits per heavy atom. The summed E-state index contributed by atoms with van der Waals surface area (Å²) in [6, 6.07) is 0. The Morgan fingerprint density at radius 3 is 0.782 bits per heavy atom. The fraction of sp³-hybridized carbons (Fsp3) is 0.708. The highest BCUT2D eigenvalue weighted by Crippen LogP contribution is 2.17. The van der Waals surface area contributed by atoms with E-state index in [0.29, 0.717) is 19.3 Å². The first-order valence-corrected chi connectivity index (χ1v) is 32.9. The van der Waals surface area contributed by atoms with Gasteiger partial charge in [-0.1, -0.05) is 297 Å². The second kappa shape index (κ2) is 65.6. The summed E-state index contributed by atoms with van der Waals surface area (Å²) in [5.41, 5.74) is 0. The molecule has 0 aromatic rings. The zero-order valence-electron chi connectivity index (χ0n) is 51.2. The van der Waals surface area contributed by atoms with E-state index in [1.165, 1.54) is 148 Å². The van der Waals surface area contributed by atoms with Crippen LogP contribution in [0.2, 0.25) is 0 Å². The topological polar surface area (TPSA) is 78.9 Å². The molecule has 0 N–H and O–H groups in total. The highest BCUT2D eigenvalue weighted by Gasteiger charge is 2.19. The highest BCUT2D eigenvalue weighted by molar-refractivity contribution is 5.71. The lowest BCUT2D eigenvalue weighted by Gasteiger charge is -2.18. The number of ether oxygens (including phenoxy) is 3. The minimum atomic E-state index is -0.781. The van der Waals surface area contributed by atoms with Gasteiger partial charge in [0.25, 0.3) is 0 Å². The van der Waals surface area contributed by atoms with E-state index in [4.69, 9.17) is 14.2 Å². The molecular formula is C72H122O6. The van der Waals surface area contributed by atoms with Crippen molar-refractivity contribution in [3.63, 3.8) is 0 Å². The standard InChI is InChI=1S/C72H122O6/c1-4-7-10-13-16-19-21-23-25-27-29-31-33-35-36-38-39-41-43-45-47-49-51-53-56-59-62-65-71(74)77-68-69(67-76-70(73)64-61-58-55-18-15-12-9-6-3)78-72(75)66-63-60-57-54-52-50-48-46-44-42-40-37-34-32-30-28-26-24-22-20-17-14-11-8-5-2/h7-8,10-11,16-17,19-20,23-26,29-32,37,40,69H,4-6,9,12-15,18,21-22,27-28,33-36,38-39,41-68H2,1-3H3/b10-7-,11-8-,19-16-,20-17-,25-23-,26-24-,31-29-,32-30-,40-37-. The Bertz CT molecular complexity index is 1570. The summed E-state index contributed by atoms with van der Waals surface area (Å²) in [4.78, 5) is 38.2. The summed E-state index contributed by atoms with van der Waals surface area (Å²) in [7, 11) is 0. The first-order valence-electron chi connectivity index (χ1n) is 32.9. The van der Waals surface area contributed by atoms with Crippen LogP contribution in [0.25, 0.3) is 0 Å². The van der Waals surface area contributed by atoms with Crippen molar-refractivity contribution < 1.29 is 28.6 Å². The van der Waals surface area contributed by atoms with Gasteiger partial charge in [0.2, 0.25) is 0 Å². The molecule has 0 bridgehead atoms. The van der Waals surface area contributed by atoms with Crippen LogP contribution in [0, 0.1) is 0 Å². The van der Waals surface area contributed by atoms with E-state index >= 15 is 0 Å². The lowest BCUT2D eigenvalue weighted by Crippen LogP contribution is -2.30. The maximum atomic E-state index is 12.9. The van der Waals surface area contributed by atoms with Gasteiger partial charge in [-0.15, -0.1) is 0 Å². The van der Waals surface area contributed by atoms with Crippen molar-refractivity contribution in [3.8, 4) is 0 Å². The lowest BCUT2D eigenvalue weighted by molar-refractivity contribution is -0.167. The van der Waals surface area contributed by atoms with Crippen LogP contribution < -0.4 is 0 Å². The van der Waals surface area contributed by atoms with Crippen LogP contribution >= 0.6 is 0 Å². The minimum absolute atomic E-state index is 0.0784. The van der Waals surface area contributed by atoms with Gasteiger partial charge in [0.05, 0.1) is 0 Å². The number of allylic oxidation sites excluding steroid dienone is 18. The van der Waals surface area contributed by atoms with E-state index in [1.807, 2.05) is 0 Å². The number of hydrogen-bond donors (Lipinski definition) is 0. The number of unbranched alkanes of at least 4 members (excludes halogenated alkanes) is 30. The highest BCUT2D eigenvalue weighted by atomic mass is 16.6. The van der Waals surface area contributed by atoms with Crippen molar-refractivity contribution in [1.82, 2.24) is 0 Å². The molecule has 0 saturated heterocycles. The Balaban J connectivity index is 4.17. The molecule has 0 aromatic carbocycles. The average Bonchev–Trinajstić information content (AvgIpc) is 3.44. The van der Waals surface area contributed by atoms with E-state index in [2.05, 4.69) is 130 Å². The molecule has 1 unspecified atom stereocenters. The summed E-state index contributed by atoms with van der Waals surface area (Å²) in [6.07, 6.45) is 89.7. The molecule has 0 heterocycles. The monoisotopic (exact) mass is 1080 g/mol. The summed E-state index contributed by atoms with van der Waals surface area (Å²) in [6.45, 7) is 6.40. The Morgan fingerprint density at radius 2 is 0.500 bits per heavy atom. The third kappa shape index (κ3) is 62.9. The predicted octanol–water partition coefficient (Wildman–Crippen LogP) is 22.6. The minimum Gasteiger partial charge on any atom is -0.462 e. The number of rotatable bonds is 59. The zero-order valence-corrected chi connectivity index (χ0v) is 51.2. The van der Waals surface area contributed by atoms with Gasteiger partial charge in [-0.3, -0.25) is 14.4 Å². The molecule has 6 nitrogen and oxygen atoms in total. The van der Waals surface area contributed by atoms with Crippen LogP contribution in [0.15, 0.2) is 109 Å². The summed E-state index contributed by atoms with van der Waals surface area (Å²) in [5, 5.41) is 0. The average molecular weight is 1080 g/mol. The molecule has 446 valence electrons. The smallest absolute Gasteiger partial charge is 0.306 e. The number of hydrogen-bond acceptors (Lipinski definition) is 6. The SMILES string of the molecule is CC/C=C\C/C=C\C/C=C\C/C=C\C/C=C\CCCCCCCCCCCC(=O)OC(COC(=O)CCCCCCCCCC)COC(=O)CCCCCCCCCCCCCCCC/C=C\C/C=C\C/C=C\C/C=C\CC. The quantitative estimate of drug-likeness (QED) is 0.0261. The molecule has 0 saturated carbocycles. The molecule has 0 spiro atoms. The fourth-order valence-corrected chi connectivity index (χ4v) is 9.17. The van der Waals surface area contributed by atoms with Crippen molar-refractivity contribution in [3.05, 3.63) is 109 Å². The molecule has 0 radical (unpaired) electrons. The van der Waals surface area contributed by atoms with Crippen molar-refractivity contribution in [2.24, 2.45) is 0 Å². The van der Waals surface area contributed by atoms with Crippen molar-refractivity contribution in [2.45, 2.75) is 316 Å². The van der Waals surface area contributed by atoms with Crippen molar-refractivity contribution >= 4 is 17.9 Å². The predicted molar refractivity (Wildman–Crippen MR) is 339 cm³/mol. The van der Waals surface area contributed by atoms with Crippen molar-refractivity contribution in [1.29, 1.82) is 0 Å². The first kappa shape index (κ1) is 74.1. The van der Waals surface area contributed by atoms with Gasteiger partial charge in [-0.05, 0) is 103 Å². The molecule has 0 rings (SSSR count). The van der Waals surface area contributed by atoms with Gasteiger partial charge < -0.3 is 14.2 Å². The van der Waals surface area contributed by atoms with E-state index < -0.39 is 6.10 Å². The number of carbonyl (C=O) groups excluding carboxylic acids is 3. The molecule has 0 fully saturated rings. The van der Waals surface area contributed by atoms with E-state index in [0.717, 1.165) is 122 Å². The molecule has 0 aromatic heterocycles. The lowest BCUT2D eigenvalue weighted by atomic mass is 10.0. The third-order valence-electron chi connectivity index (χ3n) is 14.0. The van der Waals surface area contributed by atoms with Gasteiger partial charge in [-0.2, -0.15) is 0 Å². The molecular weight excluding hydrogens is 961 g/mol. The van der Waals surface area contributed by atoms with Gasteiger partial charge in [0.1, 0.15) is 13.2 Å². The van der Waals surface area contributed by atoms with Crippen LogP contribution in [-0.4, -0.2) is 37.2 Å². The van der Waals surface area contributed by atoms with Crippen LogP contribution in [0.5, 0.6) is 0 Å². The van der Waals surface area contributed by atoms with Gasteiger partial charge in [-0.25, -0.2) is 0 Å². The largest absolute Gasteiger partial charge is 0.462 e. The van der Waals surface area contributed by atoms with E-state index in [9.17, 15) is 14.4 Å². The van der Waals surface area contributed by atoms with Crippen LogP contribution in [-0.2, 0) is 28.6 Å². The molecule has 0 aliphatic carbocycles. The van der Waals surface area contributed by atoms with Crippen LogP contribution in [0.1, 0.15) is 310 Å². The fourth-order valence-electron chi connectivity index (χ4n) is 9.17. The van der Waals surface area contributed by atoms with Crippen LogP contribution in [0.4, 0.5) is 0 Å². The van der Waals surface area contributed by atoms with E-state index in [-0.39, 0.29) is 31.1 Å². The third-order valence-corrected chi connectivity index (χ3v) is 14.0. The summed E-state index contributed by atoms with van der Waals surface area (Å²) in [5.74, 6) is -0.881. The first-order chi connectivity index (χ1) is 38.5. The second-order valence-corrected chi connectivity index (χ2v) is 21.6. The summed E-state index contributed by atoms with van der Waals surface area (Å²) >= 11 is 0. The Hall–Kier alpha value is -3.93. The Labute approximate surface area is 482 Å². The van der Waals surface area contributed by atoms with Gasteiger partial charge in [0.15, 0.2) is 6.10 Å². The number of carbonyl (C=O) groups is 3. The zero-order chi connectivity index (χ0) is 56.4.